The maximum atomic E-state index is 11.2. The minimum Gasteiger partial charge on any atom is -0.357 e. The molecule has 0 saturated heterocycles. The van der Waals surface area contributed by atoms with Crippen LogP contribution in [0.15, 0.2) is 28.7 Å². The molecule has 0 saturated carbocycles. The van der Waals surface area contributed by atoms with Crippen LogP contribution < -0.4 is 5.32 Å². The summed E-state index contributed by atoms with van der Waals surface area (Å²) >= 11 is 3.38. The average molecular weight is 323 g/mol. The molecule has 0 unspecified atom stereocenters. The van der Waals surface area contributed by atoms with Crippen molar-refractivity contribution in [1.29, 1.82) is 0 Å². The van der Waals surface area contributed by atoms with Gasteiger partial charge in [0, 0.05) is 17.1 Å². The molecule has 1 heterocycles. The van der Waals surface area contributed by atoms with Crippen molar-refractivity contribution >= 4 is 27.6 Å². The second-order valence-corrected chi connectivity index (χ2v) is 4.67. The summed E-state index contributed by atoms with van der Waals surface area (Å²) in [7, 11) is 1.67. The van der Waals surface area contributed by atoms with Crippen molar-refractivity contribution < 1.29 is 4.92 Å². The molecular formula is C12H11BrN4O2. The Morgan fingerprint density at radius 3 is 2.58 bits per heavy atom. The smallest absolute Gasteiger partial charge is 0.316 e. The number of nitro groups is 1. The zero-order valence-corrected chi connectivity index (χ0v) is 11.9. The third kappa shape index (κ3) is 2.55. The first kappa shape index (κ1) is 13.4. The van der Waals surface area contributed by atoms with Crippen LogP contribution >= 0.6 is 15.9 Å². The molecule has 0 fully saturated rings. The molecule has 0 atom stereocenters. The second-order valence-electron chi connectivity index (χ2n) is 3.82. The normalized spacial score (nSPS) is 10.3. The van der Waals surface area contributed by atoms with Crippen molar-refractivity contribution in [3.63, 3.8) is 0 Å². The molecule has 1 N–H and O–H groups in total. The van der Waals surface area contributed by atoms with Crippen LogP contribution in [0.4, 0.5) is 11.6 Å². The summed E-state index contributed by atoms with van der Waals surface area (Å²) in [4.78, 5) is 19.0. The van der Waals surface area contributed by atoms with Crippen LogP contribution in [-0.4, -0.2) is 21.9 Å². The first-order chi connectivity index (χ1) is 9.04. The molecule has 0 aliphatic rings. The summed E-state index contributed by atoms with van der Waals surface area (Å²) in [6, 6.07) is 7.24. The Balaban J connectivity index is 2.77. The van der Waals surface area contributed by atoms with Crippen LogP contribution in [0.5, 0.6) is 0 Å². The molecule has 19 heavy (non-hydrogen) atoms. The molecule has 0 bridgehead atoms. The van der Waals surface area contributed by atoms with Gasteiger partial charge in [-0.25, -0.2) is 9.97 Å². The molecule has 0 aliphatic carbocycles. The predicted octanol–water partition coefficient (Wildman–Crippen LogP) is 3.16. The van der Waals surface area contributed by atoms with Crippen LogP contribution in [0.2, 0.25) is 0 Å². The third-order valence-corrected chi connectivity index (χ3v) is 3.28. The number of nitrogens with one attached hydrogen (secondary N) is 1. The molecule has 1 aromatic carbocycles. The number of nitrogens with zero attached hydrogens (tertiary/aromatic N) is 3. The lowest BCUT2D eigenvalue weighted by Gasteiger charge is -2.08. The highest BCUT2D eigenvalue weighted by Gasteiger charge is 2.24. The lowest BCUT2D eigenvalue weighted by molar-refractivity contribution is -0.385. The molecule has 0 amide bonds. The lowest BCUT2D eigenvalue weighted by Crippen LogP contribution is -2.05. The summed E-state index contributed by atoms with van der Waals surface area (Å²) in [5.74, 6) is 0.355. The van der Waals surface area contributed by atoms with E-state index in [1.54, 1.807) is 26.1 Å². The van der Waals surface area contributed by atoms with Crippen molar-refractivity contribution in [3.8, 4) is 11.3 Å². The highest BCUT2D eigenvalue weighted by Crippen LogP contribution is 2.35. The number of benzene rings is 1. The van der Waals surface area contributed by atoms with Crippen molar-refractivity contribution in [2.45, 2.75) is 6.92 Å². The van der Waals surface area contributed by atoms with Crippen molar-refractivity contribution in [1.82, 2.24) is 9.97 Å². The maximum absolute atomic E-state index is 11.2. The fraction of sp³-hybridized carbons (Fsp3) is 0.167. The molecule has 2 aromatic rings. The maximum Gasteiger partial charge on any atom is 0.316 e. The largest absolute Gasteiger partial charge is 0.357 e. The van der Waals surface area contributed by atoms with Crippen LogP contribution in [0, 0.1) is 17.0 Å². The highest BCUT2D eigenvalue weighted by atomic mass is 79.9. The third-order valence-electron chi connectivity index (χ3n) is 2.59. The fourth-order valence-corrected chi connectivity index (χ4v) is 2.21. The molecule has 1 aromatic heterocycles. The van der Waals surface area contributed by atoms with Gasteiger partial charge in [-0.15, -0.1) is 0 Å². The van der Waals surface area contributed by atoms with Crippen LogP contribution in [-0.2, 0) is 0 Å². The number of anilines is 1. The van der Waals surface area contributed by atoms with Gasteiger partial charge in [0.05, 0.1) is 4.92 Å². The Hall–Kier alpha value is -2.02. The van der Waals surface area contributed by atoms with E-state index >= 15 is 0 Å². The van der Waals surface area contributed by atoms with E-state index in [1.807, 2.05) is 12.1 Å². The van der Waals surface area contributed by atoms with Gasteiger partial charge in [-0.2, -0.15) is 0 Å². The summed E-state index contributed by atoms with van der Waals surface area (Å²) in [5, 5.41) is 14.0. The van der Waals surface area contributed by atoms with Gasteiger partial charge in [0.25, 0.3) is 0 Å². The molecular weight excluding hydrogens is 312 g/mol. The van der Waals surface area contributed by atoms with Gasteiger partial charge in [-0.05, 0) is 13.0 Å². The molecule has 0 aliphatic heterocycles. The standard InChI is InChI=1S/C12H11BrN4O2/c1-7-11(17(18)19)10(16-12(14-2)15-7)8-5-3-4-6-9(8)13/h3-6H,1-2H3,(H,14,15,16). The Kier molecular flexibility index (Phi) is 3.75. The molecule has 7 heteroatoms. The minimum absolute atomic E-state index is 0.0779. The van der Waals surface area contributed by atoms with Crippen LogP contribution in [0.1, 0.15) is 5.69 Å². The molecule has 2 rings (SSSR count). The van der Waals surface area contributed by atoms with Gasteiger partial charge in [-0.3, -0.25) is 10.1 Å². The van der Waals surface area contributed by atoms with E-state index in [1.165, 1.54) is 0 Å². The average Bonchev–Trinajstić information content (AvgIpc) is 2.37. The minimum atomic E-state index is -0.455. The highest BCUT2D eigenvalue weighted by molar-refractivity contribution is 9.10. The Bertz CT molecular complexity index is 646. The van der Waals surface area contributed by atoms with Gasteiger partial charge in [-0.1, -0.05) is 34.1 Å². The Morgan fingerprint density at radius 2 is 2.00 bits per heavy atom. The monoisotopic (exact) mass is 322 g/mol. The first-order valence-electron chi connectivity index (χ1n) is 5.50. The van der Waals surface area contributed by atoms with E-state index in [4.69, 9.17) is 0 Å². The summed E-state index contributed by atoms with van der Waals surface area (Å²) in [5.41, 5.74) is 1.21. The van der Waals surface area contributed by atoms with Crippen LogP contribution in [0.3, 0.4) is 0 Å². The van der Waals surface area contributed by atoms with Gasteiger partial charge in [0.1, 0.15) is 5.69 Å². The van der Waals surface area contributed by atoms with E-state index in [-0.39, 0.29) is 5.69 Å². The fourth-order valence-electron chi connectivity index (χ4n) is 1.74. The summed E-state index contributed by atoms with van der Waals surface area (Å²) in [6.45, 7) is 1.60. The number of aromatic nitrogens is 2. The number of hydrogen-bond donors (Lipinski definition) is 1. The van der Waals surface area contributed by atoms with Gasteiger partial charge >= 0.3 is 5.69 Å². The number of rotatable bonds is 3. The molecule has 0 radical (unpaired) electrons. The van der Waals surface area contributed by atoms with Crippen molar-refractivity contribution in [2.24, 2.45) is 0 Å². The zero-order chi connectivity index (χ0) is 14.0. The first-order valence-corrected chi connectivity index (χ1v) is 6.29. The molecule has 0 spiro atoms. The molecule has 98 valence electrons. The SMILES string of the molecule is CNc1nc(C)c([N+](=O)[O-])c(-c2ccccc2Br)n1. The summed E-state index contributed by atoms with van der Waals surface area (Å²) in [6.07, 6.45) is 0. The van der Waals surface area contributed by atoms with E-state index in [2.05, 4.69) is 31.2 Å². The van der Waals surface area contributed by atoms with Crippen molar-refractivity contribution in [3.05, 3.63) is 44.5 Å². The van der Waals surface area contributed by atoms with Crippen LogP contribution in [0.25, 0.3) is 11.3 Å². The van der Waals surface area contributed by atoms with Gasteiger partial charge in [0.15, 0.2) is 5.69 Å². The van der Waals surface area contributed by atoms with E-state index in [0.717, 1.165) is 4.47 Å². The van der Waals surface area contributed by atoms with E-state index in [0.29, 0.717) is 22.9 Å². The Morgan fingerprint density at radius 1 is 1.32 bits per heavy atom. The van der Waals surface area contributed by atoms with Gasteiger partial charge in [0.2, 0.25) is 5.95 Å². The summed E-state index contributed by atoms with van der Waals surface area (Å²) < 4.78 is 0.748. The second kappa shape index (κ2) is 5.31. The number of aryl methyl sites for hydroxylation is 1. The predicted molar refractivity (Wildman–Crippen MR) is 76.1 cm³/mol. The number of hydrogen-bond acceptors (Lipinski definition) is 5. The quantitative estimate of drug-likeness (QED) is 0.693. The topological polar surface area (TPSA) is 81.0 Å². The van der Waals surface area contributed by atoms with Gasteiger partial charge < -0.3 is 5.32 Å². The number of halogens is 1. The van der Waals surface area contributed by atoms with Crippen molar-refractivity contribution in [2.75, 3.05) is 12.4 Å². The zero-order valence-electron chi connectivity index (χ0n) is 10.3. The van der Waals surface area contributed by atoms with E-state index < -0.39 is 4.92 Å². The lowest BCUT2D eigenvalue weighted by atomic mass is 10.1. The van der Waals surface area contributed by atoms with E-state index in [9.17, 15) is 10.1 Å². The molecule has 6 nitrogen and oxygen atoms in total. The Labute approximate surface area is 118 Å².